The highest BCUT2D eigenvalue weighted by Crippen LogP contribution is 2.75. The van der Waals surface area contributed by atoms with Crippen LogP contribution in [0.4, 0.5) is 0 Å². The van der Waals surface area contributed by atoms with Gasteiger partial charge in [0.1, 0.15) is 0 Å². The molecule has 68 valence electrons. The number of fused-ring (bicyclic) bond motifs is 1. The van der Waals surface area contributed by atoms with E-state index in [1.165, 1.54) is 19.3 Å². The fourth-order valence-corrected chi connectivity index (χ4v) is 3.47. The lowest BCUT2D eigenvalue weighted by Crippen LogP contribution is -2.09. The smallest absolute Gasteiger partial charge is 0.0112 e. The molecule has 0 spiro atoms. The van der Waals surface area contributed by atoms with Gasteiger partial charge < -0.3 is 0 Å². The van der Waals surface area contributed by atoms with E-state index in [0.717, 1.165) is 5.92 Å². The van der Waals surface area contributed by atoms with Crippen LogP contribution in [0.25, 0.3) is 0 Å². The van der Waals surface area contributed by atoms with Crippen molar-refractivity contribution in [3.8, 4) is 0 Å². The summed E-state index contributed by atoms with van der Waals surface area (Å²) in [6, 6.07) is 0. The minimum atomic E-state index is 0.597. The summed E-state index contributed by atoms with van der Waals surface area (Å²) in [6.45, 7) is 9.52. The molecule has 1 fully saturated rings. The molecule has 0 saturated heterocycles. The van der Waals surface area contributed by atoms with E-state index in [2.05, 4.69) is 33.8 Å². The Bertz CT molecular complexity index is 234. The Morgan fingerprint density at radius 3 is 2.67 bits per heavy atom. The van der Waals surface area contributed by atoms with Gasteiger partial charge in [-0.1, -0.05) is 32.4 Å². The lowest BCUT2D eigenvalue weighted by molar-refractivity contribution is 0.337. The third-order valence-electron chi connectivity index (χ3n) is 4.62. The Morgan fingerprint density at radius 2 is 2.17 bits per heavy atom. The molecule has 2 aliphatic carbocycles. The molecule has 0 aromatic heterocycles. The predicted molar refractivity (Wildman–Crippen MR) is 53.0 cm³/mol. The molecule has 0 amide bonds. The van der Waals surface area contributed by atoms with Crippen molar-refractivity contribution in [3.05, 3.63) is 11.6 Å². The van der Waals surface area contributed by atoms with Crippen LogP contribution in [0.3, 0.4) is 0 Å². The Hall–Kier alpha value is -0.260. The van der Waals surface area contributed by atoms with E-state index in [4.69, 9.17) is 0 Å². The van der Waals surface area contributed by atoms with Gasteiger partial charge in [0.2, 0.25) is 0 Å². The average molecular weight is 164 g/mol. The van der Waals surface area contributed by atoms with Gasteiger partial charge in [-0.05, 0) is 42.9 Å². The lowest BCUT2D eigenvalue weighted by Gasteiger charge is -2.20. The fraction of sp³-hybridized carbons (Fsp3) is 0.833. The summed E-state index contributed by atoms with van der Waals surface area (Å²) in [5.41, 5.74) is 2.90. The first-order valence-electron chi connectivity index (χ1n) is 5.22. The summed E-state index contributed by atoms with van der Waals surface area (Å²) >= 11 is 0. The molecule has 0 N–H and O–H groups in total. The Morgan fingerprint density at radius 1 is 1.50 bits per heavy atom. The van der Waals surface area contributed by atoms with E-state index in [1.807, 2.05) is 0 Å². The van der Waals surface area contributed by atoms with Crippen molar-refractivity contribution in [1.29, 1.82) is 0 Å². The summed E-state index contributed by atoms with van der Waals surface area (Å²) in [6.07, 6.45) is 6.68. The van der Waals surface area contributed by atoms with Crippen molar-refractivity contribution in [2.24, 2.45) is 16.7 Å². The number of hydrogen-bond donors (Lipinski definition) is 0. The van der Waals surface area contributed by atoms with Crippen LogP contribution in [0.5, 0.6) is 0 Å². The summed E-state index contributed by atoms with van der Waals surface area (Å²) in [5, 5.41) is 0. The molecule has 0 nitrogen and oxygen atoms in total. The third-order valence-corrected chi connectivity index (χ3v) is 4.62. The van der Waals surface area contributed by atoms with Crippen LogP contribution in [0, 0.1) is 16.7 Å². The Labute approximate surface area is 76.1 Å². The summed E-state index contributed by atoms with van der Waals surface area (Å²) in [4.78, 5) is 0. The van der Waals surface area contributed by atoms with Crippen LogP contribution in [0.2, 0.25) is 0 Å². The summed E-state index contributed by atoms with van der Waals surface area (Å²) in [5.74, 6) is 0.892. The number of hydrogen-bond acceptors (Lipinski definition) is 0. The maximum atomic E-state index is 2.53. The largest absolute Gasteiger partial charge is 0.0814 e. The Kier molecular flexibility index (Phi) is 1.50. The van der Waals surface area contributed by atoms with Crippen LogP contribution in [-0.2, 0) is 0 Å². The minimum absolute atomic E-state index is 0.597. The summed E-state index contributed by atoms with van der Waals surface area (Å²) < 4.78 is 0. The van der Waals surface area contributed by atoms with E-state index in [1.54, 1.807) is 5.57 Å². The predicted octanol–water partition coefficient (Wildman–Crippen LogP) is 3.78. The Balaban J connectivity index is 2.30. The average Bonchev–Trinajstić information content (AvgIpc) is 2.50. The maximum absolute atomic E-state index is 2.53. The molecule has 0 aromatic carbocycles. The number of allylic oxidation sites excluding steroid dienone is 2. The first-order valence-corrected chi connectivity index (χ1v) is 5.22. The molecule has 2 unspecified atom stereocenters. The van der Waals surface area contributed by atoms with Crippen molar-refractivity contribution in [1.82, 2.24) is 0 Å². The van der Waals surface area contributed by atoms with Gasteiger partial charge in [-0.2, -0.15) is 0 Å². The zero-order valence-corrected chi connectivity index (χ0v) is 8.78. The normalized spacial score (nSPS) is 43.3. The van der Waals surface area contributed by atoms with Crippen molar-refractivity contribution in [2.45, 2.75) is 47.0 Å². The van der Waals surface area contributed by atoms with Gasteiger partial charge in [0.25, 0.3) is 0 Å². The highest BCUT2D eigenvalue weighted by atomic mass is 14.7. The molecule has 0 bridgehead atoms. The summed E-state index contributed by atoms with van der Waals surface area (Å²) in [7, 11) is 0. The fourth-order valence-electron chi connectivity index (χ4n) is 3.47. The van der Waals surface area contributed by atoms with E-state index in [9.17, 15) is 0 Å². The van der Waals surface area contributed by atoms with Crippen LogP contribution in [0.15, 0.2) is 11.6 Å². The lowest BCUT2D eigenvalue weighted by atomic mass is 9.84. The first kappa shape index (κ1) is 8.34. The number of rotatable bonds is 1. The molecule has 0 aliphatic heterocycles. The van der Waals surface area contributed by atoms with Crippen molar-refractivity contribution in [2.75, 3.05) is 0 Å². The second-order valence-electron chi connectivity index (χ2n) is 5.22. The second kappa shape index (κ2) is 2.16. The zero-order valence-electron chi connectivity index (χ0n) is 8.78. The van der Waals surface area contributed by atoms with E-state index in [-0.39, 0.29) is 0 Å². The van der Waals surface area contributed by atoms with E-state index >= 15 is 0 Å². The highest BCUT2D eigenvalue weighted by Gasteiger charge is 2.68. The highest BCUT2D eigenvalue weighted by molar-refractivity contribution is 5.29. The van der Waals surface area contributed by atoms with Crippen LogP contribution in [-0.4, -0.2) is 0 Å². The zero-order chi connectivity index (χ0) is 8.98. The molecule has 2 atom stereocenters. The minimum Gasteiger partial charge on any atom is -0.0814 e. The molecule has 0 aromatic rings. The van der Waals surface area contributed by atoms with E-state index in [0.29, 0.717) is 10.8 Å². The van der Waals surface area contributed by atoms with Crippen LogP contribution in [0.1, 0.15) is 47.0 Å². The molecule has 2 aliphatic rings. The SMILES string of the molecule is CCC12CCC(C)=CC1C2(C)C. The molecule has 1 saturated carbocycles. The third kappa shape index (κ3) is 0.739. The van der Waals surface area contributed by atoms with Gasteiger partial charge in [0.05, 0.1) is 0 Å². The van der Waals surface area contributed by atoms with Gasteiger partial charge in [-0.25, -0.2) is 0 Å². The van der Waals surface area contributed by atoms with Crippen molar-refractivity contribution >= 4 is 0 Å². The molecule has 12 heavy (non-hydrogen) atoms. The molecule has 2 rings (SSSR count). The van der Waals surface area contributed by atoms with Crippen molar-refractivity contribution < 1.29 is 0 Å². The molecule has 0 heteroatoms. The van der Waals surface area contributed by atoms with Gasteiger partial charge in [0.15, 0.2) is 0 Å². The topological polar surface area (TPSA) is 0 Å². The van der Waals surface area contributed by atoms with Gasteiger partial charge in [0, 0.05) is 0 Å². The van der Waals surface area contributed by atoms with E-state index < -0.39 is 0 Å². The first-order chi connectivity index (χ1) is 5.54. The molecule has 0 radical (unpaired) electrons. The van der Waals surface area contributed by atoms with Crippen LogP contribution < -0.4 is 0 Å². The molecular weight excluding hydrogens is 144 g/mol. The van der Waals surface area contributed by atoms with Crippen molar-refractivity contribution in [3.63, 3.8) is 0 Å². The van der Waals surface area contributed by atoms with Gasteiger partial charge >= 0.3 is 0 Å². The maximum Gasteiger partial charge on any atom is -0.0112 e. The molecule has 0 heterocycles. The molecular formula is C12H20. The van der Waals surface area contributed by atoms with Gasteiger partial charge in [-0.15, -0.1) is 0 Å². The quantitative estimate of drug-likeness (QED) is 0.517. The standard InChI is InChI=1S/C12H20/c1-5-12-7-6-9(2)8-10(12)11(12,3)4/h8,10H,5-7H2,1-4H3. The monoisotopic (exact) mass is 164 g/mol. The van der Waals surface area contributed by atoms with Crippen LogP contribution >= 0.6 is 0 Å². The van der Waals surface area contributed by atoms with Gasteiger partial charge in [-0.3, -0.25) is 0 Å². The second-order valence-corrected chi connectivity index (χ2v) is 5.22.